The molecule has 0 aliphatic carbocycles. The number of aryl methyl sites for hydroxylation is 2. The minimum Gasteiger partial charge on any atom is -0.392 e. The van der Waals surface area contributed by atoms with Crippen molar-refractivity contribution < 1.29 is 9.90 Å². The van der Waals surface area contributed by atoms with E-state index in [0.717, 1.165) is 31.7 Å². The van der Waals surface area contributed by atoms with Crippen LogP contribution in [0, 0.1) is 6.92 Å². The fourth-order valence-corrected chi connectivity index (χ4v) is 3.91. The highest BCUT2D eigenvalue weighted by molar-refractivity contribution is 7.15. The van der Waals surface area contributed by atoms with Gasteiger partial charge in [-0.25, -0.2) is 4.98 Å². The van der Waals surface area contributed by atoms with Gasteiger partial charge in [0, 0.05) is 37.1 Å². The summed E-state index contributed by atoms with van der Waals surface area (Å²) in [4.78, 5) is 22.3. The molecule has 1 aliphatic rings. The molecule has 0 bridgehead atoms. The summed E-state index contributed by atoms with van der Waals surface area (Å²) in [6.07, 6.45) is 0.578. The molecule has 23 heavy (non-hydrogen) atoms. The van der Waals surface area contributed by atoms with Crippen LogP contribution in [0.2, 0.25) is 0 Å². The van der Waals surface area contributed by atoms with Crippen molar-refractivity contribution >= 4 is 22.4 Å². The maximum absolute atomic E-state index is 12.2. The summed E-state index contributed by atoms with van der Waals surface area (Å²) in [5, 5.41) is 13.1. The second-order valence-electron chi connectivity index (χ2n) is 6.35. The first-order chi connectivity index (χ1) is 10.9. The molecule has 1 aliphatic heterocycles. The van der Waals surface area contributed by atoms with Crippen LogP contribution >= 0.6 is 11.3 Å². The maximum Gasteiger partial charge on any atom is 0.240 e. The number of nitrogens with zero attached hydrogens (tertiary/aromatic N) is 3. The van der Waals surface area contributed by atoms with Gasteiger partial charge in [0.05, 0.1) is 18.3 Å². The van der Waals surface area contributed by atoms with Gasteiger partial charge >= 0.3 is 0 Å². The van der Waals surface area contributed by atoms with Crippen LogP contribution in [0.4, 0.5) is 5.13 Å². The van der Waals surface area contributed by atoms with Crippen molar-refractivity contribution in [3.63, 3.8) is 0 Å². The van der Waals surface area contributed by atoms with Gasteiger partial charge in [-0.3, -0.25) is 14.6 Å². The number of aromatic nitrogens is 1. The summed E-state index contributed by atoms with van der Waals surface area (Å²) in [7, 11) is 0. The highest BCUT2D eigenvalue weighted by atomic mass is 32.1. The number of hydrogen-bond acceptors (Lipinski definition) is 6. The zero-order chi connectivity index (χ0) is 17.0. The second-order valence-corrected chi connectivity index (χ2v) is 7.55. The summed E-state index contributed by atoms with van der Waals surface area (Å²) in [6.45, 7) is 11.7. The zero-order valence-electron chi connectivity index (χ0n) is 14.5. The van der Waals surface area contributed by atoms with Crippen molar-refractivity contribution in [3.8, 4) is 0 Å². The predicted molar refractivity (Wildman–Crippen MR) is 94.0 cm³/mol. The Hall–Kier alpha value is -1.02. The van der Waals surface area contributed by atoms with E-state index in [1.54, 1.807) is 0 Å². The van der Waals surface area contributed by atoms with Crippen molar-refractivity contribution in [2.45, 2.75) is 46.3 Å². The Kier molecular flexibility index (Phi) is 6.52. The van der Waals surface area contributed by atoms with Gasteiger partial charge < -0.3 is 10.4 Å². The van der Waals surface area contributed by atoms with E-state index in [2.05, 4.69) is 33.9 Å². The Labute approximate surface area is 142 Å². The van der Waals surface area contributed by atoms with E-state index in [1.807, 2.05) is 13.8 Å². The van der Waals surface area contributed by atoms with Crippen LogP contribution in [0.1, 0.15) is 31.3 Å². The molecule has 1 saturated heterocycles. The normalized spacial score (nSPS) is 21.3. The Balaban J connectivity index is 1.82. The van der Waals surface area contributed by atoms with Crippen LogP contribution in [0.5, 0.6) is 0 Å². The first-order valence-electron chi connectivity index (χ1n) is 8.29. The van der Waals surface area contributed by atoms with E-state index in [0.29, 0.717) is 24.3 Å². The number of thiazole rings is 1. The lowest BCUT2D eigenvalue weighted by molar-refractivity contribution is -0.118. The predicted octanol–water partition coefficient (Wildman–Crippen LogP) is 1.34. The molecular weight excluding hydrogens is 312 g/mol. The summed E-state index contributed by atoms with van der Waals surface area (Å²) in [5.74, 6) is -0.00224. The third-order valence-electron chi connectivity index (χ3n) is 4.19. The van der Waals surface area contributed by atoms with E-state index in [-0.39, 0.29) is 12.0 Å². The van der Waals surface area contributed by atoms with Gasteiger partial charge in [0.25, 0.3) is 0 Å². The average Bonchev–Trinajstić information content (AvgIpc) is 2.81. The quantitative estimate of drug-likeness (QED) is 0.818. The molecule has 1 aromatic heterocycles. The van der Waals surface area contributed by atoms with E-state index in [1.165, 1.54) is 16.2 Å². The van der Waals surface area contributed by atoms with Gasteiger partial charge in [0.2, 0.25) is 5.91 Å². The summed E-state index contributed by atoms with van der Waals surface area (Å²) >= 11 is 1.54. The van der Waals surface area contributed by atoms with Crippen LogP contribution in [0.3, 0.4) is 0 Å². The molecule has 0 spiro atoms. The molecule has 1 amide bonds. The van der Waals surface area contributed by atoms with E-state index in [4.69, 9.17) is 0 Å². The summed E-state index contributed by atoms with van der Waals surface area (Å²) < 4.78 is 0. The smallest absolute Gasteiger partial charge is 0.240 e. The average molecular weight is 340 g/mol. The molecule has 1 aromatic rings. The summed E-state index contributed by atoms with van der Waals surface area (Å²) in [5.41, 5.74) is 1.06. The molecule has 2 N–H and O–H groups in total. The molecule has 2 rings (SSSR count). The Bertz CT molecular complexity index is 532. The molecule has 130 valence electrons. The van der Waals surface area contributed by atoms with Gasteiger partial charge in [-0.2, -0.15) is 0 Å². The van der Waals surface area contributed by atoms with Gasteiger partial charge in [-0.1, -0.05) is 6.92 Å². The molecule has 7 heteroatoms. The molecule has 2 atom stereocenters. The first kappa shape index (κ1) is 18.3. The maximum atomic E-state index is 12.2. The van der Waals surface area contributed by atoms with Crippen molar-refractivity contribution in [1.82, 2.24) is 14.8 Å². The highest BCUT2D eigenvalue weighted by Crippen LogP contribution is 2.22. The molecule has 0 aromatic carbocycles. The number of nitrogens with one attached hydrogen (secondary N) is 1. The third-order valence-corrected chi connectivity index (χ3v) is 5.12. The lowest BCUT2D eigenvalue weighted by atomic mass is 10.1. The Morgan fingerprint density at radius 1 is 1.52 bits per heavy atom. The van der Waals surface area contributed by atoms with Gasteiger partial charge in [0.15, 0.2) is 5.13 Å². The van der Waals surface area contributed by atoms with Crippen LogP contribution in [-0.4, -0.2) is 70.7 Å². The van der Waals surface area contributed by atoms with Crippen LogP contribution in [0.15, 0.2) is 0 Å². The lowest BCUT2D eigenvalue weighted by Crippen LogP contribution is -2.54. The van der Waals surface area contributed by atoms with E-state index < -0.39 is 0 Å². The van der Waals surface area contributed by atoms with Crippen molar-refractivity contribution in [2.24, 2.45) is 0 Å². The molecular formula is C16H28N4O2S. The van der Waals surface area contributed by atoms with Crippen molar-refractivity contribution in [2.75, 3.05) is 38.0 Å². The van der Waals surface area contributed by atoms with Gasteiger partial charge in [0.1, 0.15) is 0 Å². The number of rotatable bonds is 6. The fraction of sp³-hybridized carbons (Fsp3) is 0.750. The molecule has 2 heterocycles. The highest BCUT2D eigenvalue weighted by Gasteiger charge is 2.25. The van der Waals surface area contributed by atoms with Crippen LogP contribution in [-0.2, 0) is 11.2 Å². The zero-order valence-corrected chi connectivity index (χ0v) is 15.3. The molecule has 0 unspecified atom stereocenters. The number of piperazine rings is 1. The SMILES string of the molecule is CCc1nc(NC(=O)CN2CCN(C[C@H](C)O)[C@@H](C)C2)sc1C. The van der Waals surface area contributed by atoms with E-state index in [9.17, 15) is 9.90 Å². The number of anilines is 1. The third kappa shape index (κ3) is 5.24. The van der Waals surface area contributed by atoms with Gasteiger partial charge in [-0.15, -0.1) is 11.3 Å². The topological polar surface area (TPSA) is 68.7 Å². The lowest BCUT2D eigenvalue weighted by Gasteiger charge is -2.40. The molecule has 6 nitrogen and oxygen atoms in total. The number of aliphatic hydroxyl groups is 1. The largest absolute Gasteiger partial charge is 0.392 e. The standard InChI is InChI=1S/C16H28N4O2S/c1-5-14-13(4)23-16(17-14)18-15(22)10-19-6-7-20(9-12(3)21)11(2)8-19/h11-12,21H,5-10H2,1-4H3,(H,17,18,22)/t11-,12-/m0/s1. The first-order valence-corrected chi connectivity index (χ1v) is 9.11. The monoisotopic (exact) mass is 340 g/mol. The summed E-state index contributed by atoms with van der Waals surface area (Å²) in [6, 6.07) is 0.347. The number of carbonyl (C=O) groups is 1. The number of hydrogen-bond donors (Lipinski definition) is 2. The minimum atomic E-state index is -0.312. The van der Waals surface area contributed by atoms with E-state index >= 15 is 0 Å². The molecule has 0 saturated carbocycles. The van der Waals surface area contributed by atoms with Crippen molar-refractivity contribution in [1.29, 1.82) is 0 Å². The number of amides is 1. The second kappa shape index (κ2) is 8.19. The fourth-order valence-electron chi connectivity index (χ4n) is 3.00. The van der Waals surface area contributed by atoms with Crippen molar-refractivity contribution in [3.05, 3.63) is 10.6 Å². The van der Waals surface area contributed by atoms with Crippen LogP contribution in [0.25, 0.3) is 0 Å². The molecule has 0 radical (unpaired) electrons. The minimum absolute atomic E-state index is 0.00224. The number of carbonyl (C=O) groups excluding carboxylic acids is 1. The van der Waals surface area contributed by atoms with Gasteiger partial charge in [-0.05, 0) is 27.2 Å². The number of aliphatic hydroxyl groups excluding tert-OH is 1. The Morgan fingerprint density at radius 3 is 2.83 bits per heavy atom. The number of β-amino-alcohol motifs (C(OH)–C–C–N with tert-alkyl or cyclic N) is 1. The molecule has 1 fully saturated rings. The van der Waals surface area contributed by atoms with Crippen LogP contribution < -0.4 is 5.32 Å². The Morgan fingerprint density at radius 2 is 2.26 bits per heavy atom.